The highest BCUT2D eigenvalue weighted by atomic mass is 127. The molecule has 0 amide bonds. The molecule has 4 N–H and O–H groups in total. The number of nitrogens with one attached hydrogen (secondary N) is 4. The summed E-state index contributed by atoms with van der Waals surface area (Å²) in [6, 6.07) is 6.78. The topological polar surface area (TPSA) is 85.5 Å². The van der Waals surface area contributed by atoms with E-state index in [9.17, 15) is 21.6 Å². The lowest BCUT2D eigenvalue weighted by molar-refractivity contribution is 0.290. The smallest absolute Gasteiger partial charge is 0.301 e. The fourth-order valence-electron chi connectivity index (χ4n) is 3.77. The van der Waals surface area contributed by atoms with Crippen molar-refractivity contribution in [2.24, 2.45) is 0 Å². The van der Waals surface area contributed by atoms with E-state index in [1.807, 2.05) is 22.6 Å². The molecule has 0 saturated carbocycles. The van der Waals surface area contributed by atoms with Crippen LogP contribution in [0.25, 0.3) is 0 Å². The van der Waals surface area contributed by atoms with Crippen LogP contribution in [0.3, 0.4) is 0 Å². The van der Waals surface area contributed by atoms with Gasteiger partial charge in [0.2, 0.25) is 0 Å². The summed E-state index contributed by atoms with van der Waals surface area (Å²) in [5.74, 6) is -3.17. The van der Waals surface area contributed by atoms with Crippen molar-refractivity contribution in [3.63, 3.8) is 0 Å². The minimum atomic E-state index is -4.04. The van der Waals surface area contributed by atoms with Crippen molar-refractivity contribution in [3.8, 4) is 0 Å². The number of anilines is 3. The average Bonchev–Trinajstić information content (AvgIpc) is 2.80. The molecule has 1 aliphatic heterocycles. The van der Waals surface area contributed by atoms with Gasteiger partial charge < -0.3 is 16.0 Å². The maximum absolute atomic E-state index is 14.6. The SMILES string of the molecule is CC(C)NCCCNC1CCN(S(=O)(=O)Nc2ccc(F)c(F)c2Nc2ccc(I)cc2F)CC1. The third-order valence-corrected chi connectivity index (χ3v) is 7.85. The summed E-state index contributed by atoms with van der Waals surface area (Å²) in [6.07, 6.45) is 2.25. The Kier molecular flexibility index (Phi) is 10.0. The Bertz CT molecular complexity index is 1110. The molecule has 0 spiro atoms. The summed E-state index contributed by atoms with van der Waals surface area (Å²) in [7, 11) is -4.04. The molecule has 0 atom stereocenters. The lowest BCUT2D eigenvalue weighted by atomic mass is 10.1. The number of hydrogen-bond acceptors (Lipinski definition) is 5. The Morgan fingerprint density at radius 2 is 1.71 bits per heavy atom. The van der Waals surface area contributed by atoms with Crippen molar-refractivity contribution in [1.82, 2.24) is 14.9 Å². The lowest BCUT2D eigenvalue weighted by Crippen LogP contribution is -2.47. The maximum Gasteiger partial charge on any atom is 0.301 e. The Morgan fingerprint density at radius 3 is 2.37 bits per heavy atom. The molecule has 1 aliphatic rings. The molecule has 35 heavy (non-hydrogen) atoms. The second kappa shape index (κ2) is 12.6. The summed E-state index contributed by atoms with van der Waals surface area (Å²) in [4.78, 5) is 0. The fourth-order valence-corrected chi connectivity index (χ4v) is 5.49. The first-order valence-electron chi connectivity index (χ1n) is 11.5. The van der Waals surface area contributed by atoms with Gasteiger partial charge in [-0.2, -0.15) is 12.7 Å². The van der Waals surface area contributed by atoms with Crippen molar-refractivity contribution < 1.29 is 21.6 Å². The molecule has 1 heterocycles. The van der Waals surface area contributed by atoms with E-state index in [0.717, 1.165) is 31.6 Å². The first-order chi connectivity index (χ1) is 16.6. The molecule has 1 fully saturated rings. The van der Waals surface area contributed by atoms with E-state index < -0.39 is 33.3 Å². The average molecular weight is 625 g/mol. The van der Waals surface area contributed by atoms with Gasteiger partial charge in [0.05, 0.1) is 11.4 Å². The highest BCUT2D eigenvalue weighted by molar-refractivity contribution is 14.1. The fraction of sp³-hybridized carbons (Fsp3) is 0.478. The lowest BCUT2D eigenvalue weighted by Gasteiger charge is -2.32. The van der Waals surface area contributed by atoms with E-state index in [0.29, 0.717) is 22.5 Å². The van der Waals surface area contributed by atoms with Gasteiger partial charge in [-0.15, -0.1) is 0 Å². The van der Waals surface area contributed by atoms with Gasteiger partial charge in [0.15, 0.2) is 11.6 Å². The first kappa shape index (κ1) is 28.0. The minimum Gasteiger partial charge on any atom is -0.349 e. The summed E-state index contributed by atoms with van der Waals surface area (Å²) in [5.41, 5.74) is -0.800. The van der Waals surface area contributed by atoms with E-state index in [1.54, 1.807) is 6.07 Å². The van der Waals surface area contributed by atoms with Crippen LogP contribution < -0.4 is 20.7 Å². The second-order valence-electron chi connectivity index (χ2n) is 8.73. The number of nitrogens with zero attached hydrogens (tertiary/aromatic N) is 1. The van der Waals surface area contributed by atoms with E-state index in [-0.39, 0.29) is 30.5 Å². The number of halogens is 4. The van der Waals surface area contributed by atoms with Crippen molar-refractivity contribution in [2.75, 3.05) is 36.2 Å². The monoisotopic (exact) mass is 625 g/mol. The van der Waals surface area contributed by atoms with Gasteiger partial charge in [-0.25, -0.2) is 13.2 Å². The maximum atomic E-state index is 14.6. The highest BCUT2D eigenvalue weighted by Crippen LogP contribution is 2.33. The predicted molar refractivity (Wildman–Crippen MR) is 142 cm³/mol. The number of hydrogen-bond donors (Lipinski definition) is 4. The van der Waals surface area contributed by atoms with Crippen LogP contribution in [0.4, 0.5) is 30.2 Å². The van der Waals surface area contributed by atoms with Crippen LogP contribution in [0.2, 0.25) is 0 Å². The molecule has 2 aromatic rings. The van der Waals surface area contributed by atoms with Gasteiger partial charge in [0.1, 0.15) is 11.5 Å². The van der Waals surface area contributed by atoms with Gasteiger partial charge in [0, 0.05) is 28.7 Å². The predicted octanol–water partition coefficient (Wildman–Crippen LogP) is 4.55. The van der Waals surface area contributed by atoms with Gasteiger partial charge in [-0.05, 0) is 85.3 Å². The molecule has 1 saturated heterocycles. The van der Waals surface area contributed by atoms with Gasteiger partial charge in [-0.1, -0.05) is 13.8 Å². The Balaban J connectivity index is 1.64. The van der Waals surface area contributed by atoms with E-state index in [1.165, 1.54) is 16.4 Å². The Morgan fingerprint density at radius 1 is 1.03 bits per heavy atom. The molecular weight excluding hydrogens is 594 g/mol. The van der Waals surface area contributed by atoms with Crippen molar-refractivity contribution in [1.29, 1.82) is 0 Å². The van der Waals surface area contributed by atoms with Crippen LogP contribution in [0.1, 0.15) is 33.1 Å². The molecule has 0 radical (unpaired) electrons. The molecule has 0 aliphatic carbocycles. The molecule has 7 nitrogen and oxygen atoms in total. The van der Waals surface area contributed by atoms with Crippen molar-refractivity contribution >= 4 is 49.9 Å². The van der Waals surface area contributed by atoms with Gasteiger partial charge in [-0.3, -0.25) is 4.72 Å². The van der Waals surface area contributed by atoms with Crippen LogP contribution in [0, 0.1) is 21.0 Å². The molecule has 0 bridgehead atoms. The van der Waals surface area contributed by atoms with E-state index in [2.05, 4.69) is 34.5 Å². The molecule has 0 unspecified atom stereocenters. The molecule has 194 valence electrons. The summed E-state index contributed by atoms with van der Waals surface area (Å²) in [6.45, 7) is 6.52. The van der Waals surface area contributed by atoms with Crippen molar-refractivity contribution in [2.45, 2.75) is 45.2 Å². The number of benzene rings is 2. The van der Waals surface area contributed by atoms with Crippen LogP contribution >= 0.6 is 22.6 Å². The summed E-state index contributed by atoms with van der Waals surface area (Å²) < 4.78 is 73.1. The molecule has 3 rings (SSSR count). The molecule has 2 aromatic carbocycles. The van der Waals surface area contributed by atoms with Gasteiger partial charge >= 0.3 is 10.2 Å². The van der Waals surface area contributed by atoms with E-state index >= 15 is 0 Å². The summed E-state index contributed by atoms with van der Waals surface area (Å²) >= 11 is 1.92. The molecule has 0 aromatic heterocycles. The zero-order chi connectivity index (χ0) is 25.6. The van der Waals surface area contributed by atoms with Crippen molar-refractivity contribution in [3.05, 3.63) is 51.4 Å². The highest BCUT2D eigenvalue weighted by Gasteiger charge is 2.29. The van der Waals surface area contributed by atoms with Crippen LogP contribution in [0.5, 0.6) is 0 Å². The van der Waals surface area contributed by atoms with Gasteiger partial charge in [0.25, 0.3) is 0 Å². The Labute approximate surface area is 218 Å². The first-order valence-corrected chi connectivity index (χ1v) is 14.0. The second-order valence-corrected chi connectivity index (χ2v) is 11.6. The quantitative estimate of drug-likeness (QED) is 0.218. The Hall–Kier alpha value is -1.61. The number of piperidine rings is 1. The van der Waals surface area contributed by atoms with Crippen LogP contribution in [0.15, 0.2) is 30.3 Å². The number of rotatable bonds is 11. The standard InChI is InChI=1S/C23H31F3IN5O2S/c1-15(2)28-10-3-11-29-17-8-12-32(13-9-17)35(33,34)31-21-7-5-18(24)22(26)23(21)30-20-6-4-16(27)14-19(20)25/h4-7,14-15,17,28-31H,3,8-13H2,1-2H3. The van der Waals surface area contributed by atoms with Crippen LogP contribution in [-0.4, -0.2) is 51.0 Å². The van der Waals surface area contributed by atoms with Crippen LogP contribution in [-0.2, 0) is 10.2 Å². The van der Waals surface area contributed by atoms with E-state index in [4.69, 9.17) is 0 Å². The zero-order valence-electron chi connectivity index (χ0n) is 19.7. The zero-order valence-corrected chi connectivity index (χ0v) is 22.6. The third kappa shape index (κ3) is 7.94. The minimum absolute atomic E-state index is 0.106. The third-order valence-electron chi connectivity index (χ3n) is 5.66. The largest absolute Gasteiger partial charge is 0.349 e. The summed E-state index contributed by atoms with van der Waals surface area (Å²) in [5, 5.41) is 9.31. The molecular formula is C23H31F3IN5O2S. The normalized spacial score (nSPS) is 15.5. The molecule has 12 heteroatoms.